The molecule has 0 spiro atoms. The Kier molecular flexibility index (Phi) is 7.94. The summed E-state index contributed by atoms with van der Waals surface area (Å²) in [5.74, 6) is 0.494. The Balaban J connectivity index is 0.000000293. The zero-order valence-corrected chi connectivity index (χ0v) is 30.0. The van der Waals surface area contributed by atoms with Crippen LogP contribution in [-0.2, 0) is 12.0 Å². The Morgan fingerprint density at radius 3 is 1.92 bits per heavy atom. The lowest BCUT2D eigenvalue weighted by atomic mass is 9.82. The van der Waals surface area contributed by atoms with Crippen LogP contribution in [0.4, 0.5) is 0 Å². The maximum absolute atomic E-state index is 5.58. The molecular weight excluding hydrogens is 647 g/mol. The highest BCUT2D eigenvalue weighted by molar-refractivity contribution is 6.23. The molecule has 1 aliphatic carbocycles. The molecule has 1 aliphatic rings. The van der Waals surface area contributed by atoms with Gasteiger partial charge in [-0.2, -0.15) is 0 Å². The molecule has 0 radical (unpaired) electrons. The van der Waals surface area contributed by atoms with Crippen molar-refractivity contribution in [2.75, 3.05) is 6.67 Å². The maximum Gasteiger partial charge on any atom is 0.127 e. The van der Waals surface area contributed by atoms with Gasteiger partial charge in [0.2, 0.25) is 0 Å². The molecule has 0 saturated carbocycles. The summed E-state index contributed by atoms with van der Waals surface area (Å²) in [4.78, 5) is 3.87. The topological polar surface area (TPSA) is 74.3 Å². The molecule has 5 heteroatoms. The van der Waals surface area contributed by atoms with Crippen molar-refractivity contribution in [3.63, 3.8) is 0 Å². The van der Waals surface area contributed by atoms with Gasteiger partial charge in [-0.15, -0.1) is 0 Å². The predicted molar refractivity (Wildman–Crippen MR) is 223 cm³/mol. The van der Waals surface area contributed by atoms with Gasteiger partial charge in [0.1, 0.15) is 5.84 Å². The maximum atomic E-state index is 5.58. The van der Waals surface area contributed by atoms with E-state index in [2.05, 4.69) is 161 Å². The van der Waals surface area contributed by atoms with Crippen molar-refractivity contribution in [1.29, 1.82) is 0 Å². The van der Waals surface area contributed by atoms with E-state index in [0.29, 0.717) is 5.84 Å². The first-order valence-electron chi connectivity index (χ1n) is 18.2. The SMILES string of the molecule is CC1(C)c2ccccc2-c2cc3c4ccc5c6ccccc6n(-c6ccccc6)c5c4n(Cc4ccccc4)c3cc21.NC/N=C(\N)c1ccccc1. The molecule has 9 aromatic rings. The van der Waals surface area contributed by atoms with Crippen molar-refractivity contribution < 1.29 is 0 Å². The number of nitrogens with two attached hydrogens (primary N) is 2. The summed E-state index contributed by atoms with van der Waals surface area (Å²) in [6, 6.07) is 58.7. The van der Waals surface area contributed by atoms with Crippen molar-refractivity contribution in [3.05, 3.63) is 186 Å². The second-order valence-electron chi connectivity index (χ2n) is 14.3. The van der Waals surface area contributed by atoms with Crippen LogP contribution >= 0.6 is 0 Å². The number of fused-ring (bicyclic) bond motifs is 10. The third kappa shape index (κ3) is 5.32. The summed E-state index contributed by atoms with van der Waals surface area (Å²) >= 11 is 0. The van der Waals surface area contributed by atoms with Crippen LogP contribution in [0.1, 0.15) is 36.1 Å². The van der Waals surface area contributed by atoms with E-state index in [-0.39, 0.29) is 12.1 Å². The number of para-hydroxylation sites is 2. The van der Waals surface area contributed by atoms with Gasteiger partial charge in [0.05, 0.1) is 23.2 Å². The van der Waals surface area contributed by atoms with E-state index in [9.17, 15) is 0 Å². The third-order valence-electron chi connectivity index (χ3n) is 10.9. The van der Waals surface area contributed by atoms with Gasteiger partial charge >= 0.3 is 0 Å². The Morgan fingerprint density at radius 2 is 1.19 bits per heavy atom. The van der Waals surface area contributed by atoms with E-state index in [4.69, 9.17) is 11.5 Å². The molecule has 10 rings (SSSR count). The molecule has 5 nitrogen and oxygen atoms in total. The van der Waals surface area contributed by atoms with Crippen LogP contribution in [0, 0.1) is 0 Å². The molecule has 0 saturated heterocycles. The Bertz CT molecular complexity index is 2810. The van der Waals surface area contributed by atoms with E-state index in [1.807, 2.05) is 30.3 Å². The number of rotatable bonds is 5. The summed E-state index contributed by atoms with van der Waals surface area (Å²) < 4.78 is 5.06. The van der Waals surface area contributed by atoms with Gasteiger partial charge in [0.15, 0.2) is 0 Å². The van der Waals surface area contributed by atoms with Crippen LogP contribution in [0.5, 0.6) is 0 Å². The second-order valence-corrected chi connectivity index (χ2v) is 14.3. The summed E-state index contributed by atoms with van der Waals surface area (Å²) in [6.45, 7) is 5.79. The van der Waals surface area contributed by atoms with Crippen LogP contribution in [0.25, 0.3) is 60.4 Å². The predicted octanol–water partition coefficient (Wildman–Crippen LogP) is 10.6. The molecule has 4 N–H and O–H groups in total. The smallest absolute Gasteiger partial charge is 0.127 e. The minimum atomic E-state index is -0.0532. The van der Waals surface area contributed by atoms with E-state index in [1.165, 1.54) is 77.1 Å². The molecule has 0 atom stereocenters. The molecule has 0 fully saturated rings. The minimum absolute atomic E-state index is 0.0532. The van der Waals surface area contributed by atoms with Crippen LogP contribution < -0.4 is 11.5 Å². The number of nitrogens with zero attached hydrogens (tertiary/aromatic N) is 3. The molecule has 2 heterocycles. The molecule has 0 bridgehead atoms. The summed E-state index contributed by atoms with van der Waals surface area (Å²) in [5, 5.41) is 5.20. The molecule has 0 aliphatic heterocycles. The highest BCUT2D eigenvalue weighted by atomic mass is 15.0. The molecule has 7 aromatic carbocycles. The number of amidine groups is 1. The van der Waals surface area contributed by atoms with Crippen LogP contribution in [0.2, 0.25) is 0 Å². The Morgan fingerprint density at radius 1 is 0.566 bits per heavy atom. The van der Waals surface area contributed by atoms with Crippen molar-refractivity contribution >= 4 is 49.4 Å². The average molecular weight is 688 g/mol. The average Bonchev–Trinajstić information content (AvgIpc) is 3.78. The highest BCUT2D eigenvalue weighted by Crippen LogP contribution is 2.51. The van der Waals surface area contributed by atoms with E-state index in [1.54, 1.807) is 0 Å². The zero-order chi connectivity index (χ0) is 36.1. The first-order chi connectivity index (χ1) is 26.0. The normalized spacial score (nSPS) is 13.3. The monoisotopic (exact) mass is 687 g/mol. The molecule has 0 amide bonds. The lowest BCUT2D eigenvalue weighted by molar-refractivity contribution is 0.660. The summed E-state index contributed by atoms with van der Waals surface area (Å²) in [7, 11) is 0. The van der Waals surface area contributed by atoms with Crippen molar-refractivity contribution in [2.24, 2.45) is 16.5 Å². The first-order valence-corrected chi connectivity index (χ1v) is 18.2. The summed E-state index contributed by atoms with van der Waals surface area (Å²) in [5.41, 5.74) is 24.8. The van der Waals surface area contributed by atoms with Crippen molar-refractivity contribution in [2.45, 2.75) is 25.8 Å². The molecule has 2 aromatic heterocycles. The lowest BCUT2D eigenvalue weighted by Crippen LogP contribution is -2.15. The van der Waals surface area contributed by atoms with Crippen molar-refractivity contribution in [1.82, 2.24) is 9.13 Å². The van der Waals surface area contributed by atoms with E-state index >= 15 is 0 Å². The van der Waals surface area contributed by atoms with E-state index in [0.717, 1.165) is 12.1 Å². The Hall–Kier alpha value is -6.43. The van der Waals surface area contributed by atoms with Gasteiger partial charge in [-0.3, -0.25) is 4.99 Å². The van der Waals surface area contributed by atoms with Gasteiger partial charge in [-0.1, -0.05) is 147 Å². The van der Waals surface area contributed by atoms with Crippen molar-refractivity contribution in [3.8, 4) is 16.8 Å². The zero-order valence-electron chi connectivity index (χ0n) is 30.0. The minimum Gasteiger partial charge on any atom is -0.383 e. The standard InChI is InChI=1S/C40H30N2.C8H11N3/c1-40(2)34-19-11-9-17-28(34)32-23-33-31-22-21-30-29-18-10-12-20-36(29)42(27-15-7-4-8-16-27)39(30)38(31)41(37(33)24-35(32)40)25-26-13-5-3-6-14-26;9-6-11-8(10)7-4-2-1-3-5-7/h3-24H,25H2,1-2H3;1-5H,6,9H2,(H2,10,11). The second kappa shape index (κ2) is 13.0. The third-order valence-corrected chi connectivity index (χ3v) is 10.9. The largest absolute Gasteiger partial charge is 0.383 e. The van der Waals surface area contributed by atoms with E-state index < -0.39 is 0 Å². The van der Waals surface area contributed by atoms with Crippen LogP contribution in [-0.4, -0.2) is 21.6 Å². The fourth-order valence-corrected chi connectivity index (χ4v) is 8.40. The first kappa shape index (κ1) is 32.5. The number of hydrogen-bond donors (Lipinski definition) is 2. The summed E-state index contributed by atoms with van der Waals surface area (Å²) in [6.07, 6.45) is 0. The fourth-order valence-electron chi connectivity index (χ4n) is 8.40. The quantitative estimate of drug-likeness (QED) is 0.140. The number of hydrogen-bond acceptors (Lipinski definition) is 2. The molecule has 53 heavy (non-hydrogen) atoms. The number of aromatic nitrogens is 2. The highest BCUT2D eigenvalue weighted by Gasteiger charge is 2.36. The molecular formula is C48H41N5. The van der Waals surface area contributed by atoms with Gasteiger partial charge in [-0.05, 0) is 58.1 Å². The van der Waals surface area contributed by atoms with Gasteiger partial charge < -0.3 is 20.6 Å². The van der Waals surface area contributed by atoms with Gasteiger partial charge in [0, 0.05) is 50.3 Å². The van der Waals surface area contributed by atoms with Gasteiger partial charge in [0.25, 0.3) is 0 Å². The molecule has 258 valence electrons. The van der Waals surface area contributed by atoms with Crippen LogP contribution in [0.3, 0.4) is 0 Å². The lowest BCUT2D eigenvalue weighted by Gasteiger charge is -2.21. The Labute approximate surface area is 309 Å². The number of aliphatic imine (C=N–C) groups is 1. The molecule has 0 unspecified atom stereocenters. The fraction of sp³-hybridized carbons (Fsp3) is 0.104. The van der Waals surface area contributed by atoms with Gasteiger partial charge in [-0.25, -0.2) is 0 Å². The number of benzene rings is 7. The van der Waals surface area contributed by atoms with Crippen LogP contribution in [0.15, 0.2) is 169 Å².